The van der Waals surface area contributed by atoms with Gasteiger partial charge in [-0.25, -0.2) is 16.8 Å². The topological polar surface area (TPSA) is 71.5 Å². The van der Waals surface area contributed by atoms with Gasteiger partial charge >= 0.3 is 0 Å². The summed E-state index contributed by atoms with van der Waals surface area (Å²) in [5, 5.41) is 1.69. The van der Waals surface area contributed by atoms with Crippen LogP contribution in [0.2, 0.25) is 0 Å². The summed E-state index contributed by atoms with van der Waals surface area (Å²) in [6.07, 6.45) is 0.353. The molecule has 0 amide bonds. The highest BCUT2D eigenvalue weighted by molar-refractivity contribution is 7.92. The lowest BCUT2D eigenvalue weighted by Gasteiger charge is -2.21. The second-order valence-corrected chi connectivity index (χ2v) is 10.1. The lowest BCUT2D eigenvalue weighted by Crippen LogP contribution is -2.37. The maximum Gasteiger partial charge on any atom is 0.252 e. The number of sulfone groups is 1. The molecule has 0 aromatic carbocycles. The summed E-state index contributed by atoms with van der Waals surface area (Å²) >= 11 is 6.76. The van der Waals surface area contributed by atoms with Gasteiger partial charge in [0.2, 0.25) is 0 Å². The molecular formula is C10H14ClNO4S3. The standard InChI is InChI=1S/C10H14ClNO4S3/c1-12(9-2-3-18(13,14)7-9)19(15,16)10-4-8(5-11)6-17-10/h4,6,9H,2-3,5,7H2,1H3. The zero-order valence-electron chi connectivity index (χ0n) is 10.2. The van der Waals surface area contributed by atoms with Gasteiger partial charge < -0.3 is 0 Å². The van der Waals surface area contributed by atoms with Gasteiger partial charge in [-0.1, -0.05) is 0 Å². The average Bonchev–Trinajstić information content (AvgIpc) is 2.94. The Morgan fingerprint density at radius 1 is 1.53 bits per heavy atom. The van der Waals surface area contributed by atoms with Crippen molar-refractivity contribution >= 4 is 42.8 Å². The predicted molar refractivity (Wildman–Crippen MR) is 75.9 cm³/mol. The van der Waals surface area contributed by atoms with Gasteiger partial charge in [-0.15, -0.1) is 22.9 Å². The molecule has 0 aliphatic carbocycles. The second kappa shape index (κ2) is 5.33. The number of nitrogens with zero attached hydrogens (tertiary/aromatic N) is 1. The zero-order valence-corrected chi connectivity index (χ0v) is 13.4. The van der Waals surface area contributed by atoms with E-state index in [4.69, 9.17) is 11.6 Å². The summed E-state index contributed by atoms with van der Waals surface area (Å²) in [6, 6.07) is 1.06. The fourth-order valence-corrected chi connectivity index (χ4v) is 6.85. The van der Waals surface area contributed by atoms with Crippen molar-refractivity contribution in [3.8, 4) is 0 Å². The van der Waals surface area contributed by atoms with Crippen molar-refractivity contribution in [2.45, 2.75) is 22.6 Å². The van der Waals surface area contributed by atoms with Gasteiger partial charge in [0.05, 0.1) is 11.5 Å². The Morgan fingerprint density at radius 3 is 2.68 bits per heavy atom. The molecule has 19 heavy (non-hydrogen) atoms. The third-order valence-corrected chi connectivity index (χ3v) is 8.57. The van der Waals surface area contributed by atoms with Gasteiger partial charge in [0, 0.05) is 19.0 Å². The first-order valence-corrected chi connectivity index (χ1v) is 10.3. The predicted octanol–water partition coefficient (Wildman–Crippen LogP) is 1.29. The van der Waals surface area contributed by atoms with Gasteiger partial charge in [0.1, 0.15) is 4.21 Å². The van der Waals surface area contributed by atoms with Crippen molar-refractivity contribution in [2.75, 3.05) is 18.6 Å². The third-order valence-electron chi connectivity index (χ3n) is 3.14. The summed E-state index contributed by atoms with van der Waals surface area (Å²) in [5.74, 6) is 0.207. The number of sulfonamides is 1. The Balaban J connectivity index is 2.25. The average molecular weight is 344 g/mol. The van der Waals surface area contributed by atoms with Gasteiger partial charge in [-0.05, 0) is 23.4 Å². The molecule has 0 spiro atoms. The molecular weight excluding hydrogens is 330 g/mol. The molecule has 2 rings (SSSR count). The Kier molecular flexibility index (Phi) is 4.27. The molecule has 2 heterocycles. The molecule has 0 radical (unpaired) electrons. The van der Waals surface area contributed by atoms with Crippen LogP contribution in [0.1, 0.15) is 12.0 Å². The van der Waals surface area contributed by atoms with Gasteiger partial charge in [-0.3, -0.25) is 0 Å². The molecule has 1 atom stereocenters. The Labute approximate surface area is 122 Å². The number of hydrogen-bond donors (Lipinski definition) is 0. The highest BCUT2D eigenvalue weighted by Gasteiger charge is 2.36. The van der Waals surface area contributed by atoms with E-state index in [9.17, 15) is 16.8 Å². The Morgan fingerprint density at radius 2 is 2.21 bits per heavy atom. The van der Waals surface area contributed by atoms with Crippen molar-refractivity contribution in [3.05, 3.63) is 17.0 Å². The van der Waals surface area contributed by atoms with Crippen LogP contribution in [0.15, 0.2) is 15.7 Å². The molecule has 9 heteroatoms. The summed E-state index contributed by atoms with van der Waals surface area (Å²) in [4.78, 5) is 0. The number of thiophene rings is 1. The van der Waals surface area contributed by atoms with Crippen LogP contribution in [0, 0.1) is 0 Å². The van der Waals surface area contributed by atoms with Crippen molar-refractivity contribution in [1.29, 1.82) is 0 Å². The van der Waals surface area contributed by atoms with Crippen LogP contribution in [0.3, 0.4) is 0 Å². The third kappa shape index (κ3) is 3.13. The van der Waals surface area contributed by atoms with Gasteiger partial charge in [-0.2, -0.15) is 4.31 Å². The van der Waals surface area contributed by atoms with Crippen LogP contribution >= 0.6 is 22.9 Å². The minimum Gasteiger partial charge on any atom is -0.229 e. The van der Waals surface area contributed by atoms with Crippen molar-refractivity contribution in [2.24, 2.45) is 0 Å². The molecule has 1 aromatic rings. The number of alkyl halides is 1. The minimum atomic E-state index is -3.63. The molecule has 1 unspecified atom stereocenters. The van der Waals surface area contributed by atoms with Crippen molar-refractivity contribution < 1.29 is 16.8 Å². The van der Waals surface area contributed by atoms with E-state index in [0.717, 1.165) is 16.9 Å². The summed E-state index contributed by atoms with van der Waals surface area (Å²) in [5.41, 5.74) is 0.748. The molecule has 108 valence electrons. The van der Waals surface area contributed by atoms with E-state index in [2.05, 4.69) is 0 Å². The maximum atomic E-state index is 12.4. The Hall–Kier alpha value is -0.150. The van der Waals surface area contributed by atoms with E-state index in [-0.39, 0.29) is 21.6 Å². The first-order valence-electron chi connectivity index (χ1n) is 5.58. The molecule has 0 bridgehead atoms. The molecule has 5 nitrogen and oxygen atoms in total. The SMILES string of the molecule is CN(C1CCS(=O)(=O)C1)S(=O)(=O)c1cc(CCl)cs1. The van der Waals surface area contributed by atoms with E-state index >= 15 is 0 Å². The highest BCUT2D eigenvalue weighted by Crippen LogP contribution is 2.28. The molecule has 1 aliphatic heterocycles. The van der Waals surface area contributed by atoms with Crippen LogP contribution in [0.5, 0.6) is 0 Å². The first-order chi connectivity index (χ1) is 8.76. The van der Waals surface area contributed by atoms with Crippen molar-refractivity contribution in [1.82, 2.24) is 4.31 Å². The lowest BCUT2D eigenvalue weighted by molar-refractivity contribution is 0.395. The summed E-state index contributed by atoms with van der Waals surface area (Å²) < 4.78 is 48.9. The Bertz CT molecular complexity index is 665. The maximum absolute atomic E-state index is 12.4. The van der Waals surface area contributed by atoms with Crippen LogP contribution < -0.4 is 0 Å². The molecule has 1 saturated heterocycles. The summed E-state index contributed by atoms with van der Waals surface area (Å²) in [7, 11) is -5.31. The van der Waals surface area contributed by atoms with Crippen LogP contribution in [-0.2, 0) is 25.7 Å². The molecule has 1 aromatic heterocycles. The van der Waals surface area contributed by atoms with Gasteiger partial charge in [0.15, 0.2) is 9.84 Å². The number of halogens is 1. The summed E-state index contributed by atoms with van der Waals surface area (Å²) in [6.45, 7) is 0. The quantitative estimate of drug-likeness (QED) is 0.772. The van der Waals surface area contributed by atoms with E-state index in [1.54, 1.807) is 5.38 Å². The van der Waals surface area contributed by atoms with E-state index in [1.807, 2.05) is 0 Å². The number of hydrogen-bond acceptors (Lipinski definition) is 5. The fourth-order valence-electron chi connectivity index (χ4n) is 1.96. The lowest BCUT2D eigenvalue weighted by atomic mass is 10.3. The normalized spacial score (nSPS) is 23.0. The molecule has 1 fully saturated rings. The smallest absolute Gasteiger partial charge is 0.229 e. The fraction of sp³-hybridized carbons (Fsp3) is 0.600. The minimum absolute atomic E-state index is 0.0505. The second-order valence-electron chi connectivity index (χ2n) is 4.49. The molecule has 1 aliphatic rings. The monoisotopic (exact) mass is 343 g/mol. The van der Waals surface area contributed by atoms with Crippen LogP contribution in [0.25, 0.3) is 0 Å². The highest BCUT2D eigenvalue weighted by atomic mass is 35.5. The van der Waals surface area contributed by atoms with Crippen LogP contribution in [0.4, 0.5) is 0 Å². The van der Waals surface area contributed by atoms with Crippen LogP contribution in [-0.4, -0.2) is 45.7 Å². The first kappa shape index (κ1) is 15.2. The molecule has 0 saturated carbocycles. The van der Waals surface area contributed by atoms with Crippen molar-refractivity contribution in [3.63, 3.8) is 0 Å². The van der Waals surface area contributed by atoms with E-state index in [0.29, 0.717) is 6.42 Å². The van der Waals surface area contributed by atoms with E-state index in [1.165, 1.54) is 17.4 Å². The zero-order chi connectivity index (χ0) is 14.3. The van der Waals surface area contributed by atoms with Gasteiger partial charge in [0.25, 0.3) is 10.0 Å². The number of rotatable bonds is 4. The largest absolute Gasteiger partial charge is 0.252 e. The molecule has 0 N–H and O–H groups in total. The van der Waals surface area contributed by atoms with E-state index < -0.39 is 25.9 Å².